The minimum atomic E-state index is -0.532. The molecule has 1 aliphatic rings. The topological polar surface area (TPSA) is 0 Å². The quantitative estimate of drug-likeness (QED) is 0.290. The zero-order chi connectivity index (χ0) is 19.7. The Balaban J connectivity index is 1.62. The van der Waals surface area contributed by atoms with Crippen molar-refractivity contribution >= 4 is 11.6 Å². The normalized spacial score (nSPS) is 12.1. The number of unbranched alkanes of at least 4 members (excludes halogenated alkanes) is 3. The standard InChI is InChI=1S/C25H23ClF2/c1-2-3-4-5-6-16-7-9-19-18(13-16)14-22-21(19)11-10-20(25(22)28)17-8-12-23(26)24(27)15-17/h7-13,15H,2-6,14H2,1H3. The van der Waals surface area contributed by atoms with E-state index in [0.717, 1.165) is 17.5 Å². The first-order valence-electron chi connectivity index (χ1n) is 9.97. The third-order valence-corrected chi connectivity index (χ3v) is 5.93. The summed E-state index contributed by atoms with van der Waals surface area (Å²) in [5.74, 6) is -0.796. The molecule has 0 bridgehead atoms. The molecule has 0 spiro atoms. The fraction of sp³-hybridized carbons (Fsp3) is 0.280. The second kappa shape index (κ2) is 8.05. The van der Waals surface area contributed by atoms with Crippen LogP contribution in [-0.4, -0.2) is 0 Å². The van der Waals surface area contributed by atoms with Gasteiger partial charge in [-0.15, -0.1) is 0 Å². The van der Waals surface area contributed by atoms with Gasteiger partial charge in [0.25, 0.3) is 0 Å². The second-order valence-electron chi connectivity index (χ2n) is 7.56. The molecule has 0 N–H and O–H groups in total. The molecular weight excluding hydrogens is 374 g/mol. The number of hydrogen-bond donors (Lipinski definition) is 0. The minimum absolute atomic E-state index is 0.0455. The second-order valence-corrected chi connectivity index (χ2v) is 7.97. The third-order valence-electron chi connectivity index (χ3n) is 5.62. The van der Waals surface area contributed by atoms with E-state index in [1.165, 1.54) is 48.9 Å². The van der Waals surface area contributed by atoms with Crippen LogP contribution in [0.3, 0.4) is 0 Å². The van der Waals surface area contributed by atoms with Crippen LogP contribution in [0.15, 0.2) is 48.5 Å². The Morgan fingerprint density at radius 1 is 0.857 bits per heavy atom. The summed E-state index contributed by atoms with van der Waals surface area (Å²) in [6.45, 7) is 2.22. The van der Waals surface area contributed by atoms with Crippen LogP contribution in [0.4, 0.5) is 8.78 Å². The molecule has 1 aliphatic carbocycles. The van der Waals surface area contributed by atoms with Gasteiger partial charge in [-0.2, -0.15) is 0 Å². The number of fused-ring (bicyclic) bond motifs is 3. The van der Waals surface area contributed by atoms with Gasteiger partial charge in [0.1, 0.15) is 11.6 Å². The molecule has 0 amide bonds. The van der Waals surface area contributed by atoms with E-state index in [1.807, 2.05) is 6.07 Å². The van der Waals surface area contributed by atoms with Gasteiger partial charge < -0.3 is 0 Å². The highest BCUT2D eigenvalue weighted by atomic mass is 35.5. The van der Waals surface area contributed by atoms with Crippen LogP contribution in [0, 0.1) is 11.6 Å². The lowest BCUT2D eigenvalue weighted by Gasteiger charge is -2.09. The Kier molecular flexibility index (Phi) is 5.50. The van der Waals surface area contributed by atoms with E-state index in [4.69, 9.17) is 11.6 Å². The predicted octanol–water partition coefficient (Wildman–Crippen LogP) is 7.98. The van der Waals surface area contributed by atoms with Crippen molar-refractivity contribution in [2.24, 2.45) is 0 Å². The largest absolute Gasteiger partial charge is 0.206 e. The molecule has 3 aromatic carbocycles. The maximum atomic E-state index is 15.3. The van der Waals surface area contributed by atoms with Crippen molar-refractivity contribution in [3.63, 3.8) is 0 Å². The monoisotopic (exact) mass is 396 g/mol. The van der Waals surface area contributed by atoms with Crippen LogP contribution in [-0.2, 0) is 12.8 Å². The average Bonchev–Trinajstić information content (AvgIpc) is 3.07. The molecule has 0 saturated heterocycles. The molecule has 0 unspecified atom stereocenters. The molecule has 0 radical (unpaired) electrons. The van der Waals surface area contributed by atoms with E-state index in [9.17, 15) is 4.39 Å². The van der Waals surface area contributed by atoms with E-state index in [2.05, 4.69) is 25.1 Å². The summed E-state index contributed by atoms with van der Waals surface area (Å²) >= 11 is 5.76. The van der Waals surface area contributed by atoms with Crippen molar-refractivity contribution in [3.05, 3.63) is 81.9 Å². The maximum absolute atomic E-state index is 15.3. The zero-order valence-corrected chi connectivity index (χ0v) is 16.8. The van der Waals surface area contributed by atoms with Crippen molar-refractivity contribution in [3.8, 4) is 22.3 Å². The van der Waals surface area contributed by atoms with E-state index in [1.54, 1.807) is 12.1 Å². The minimum Gasteiger partial charge on any atom is -0.206 e. The first kappa shape index (κ1) is 19.1. The highest BCUT2D eigenvalue weighted by molar-refractivity contribution is 6.30. The van der Waals surface area contributed by atoms with Gasteiger partial charge in [0.2, 0.25) is 0 Å². The lowest BCUT2D eigenvalue weighted by atomic mass is 9.97. The summed E-state index contributed by atoms with van der Waals surface area (Å²) in [5.41, 5.74) is 6.19. The fourth-order valence-corrected chi connectivity index (χ4v) is 4.21. The van der Waals surface area contributed by atoms with Gasteiger partial charge in [-0.3, -0.25) is 0 Å². The Morgan fingerprint density at radius 2 is 1.64 bits per heavy atom. The van der Waals surface area contributed by atoms with Gasteiger partial charge in [-0.25, -0.2) is 8.78 Å². The van der Waals surface area contributed by atoms with Crippen molar-refractivity contribution < 1.29 is 8.78 Å². The first-order valence-corrected chi connectivity index (χ1v) is 10.3. The molecule has 0 fully saturated rings. The number of rotatable bonds is 6. The Hall–Kier alpha value is -2.19. The highest BCUT2D eigenvalue weighted by Gasteiger charge is 2.24. The Labute approximate surface area is 170 Å². The molecular formula is C25H23ClF2. The van der Waals surface area contributed by atoms with Crippen molar-refractivity contribution in [1.29, 1.82) is 0 Å². The summed E-state index contributed by atoms with van der Waals surface area (Å²) in [7, 11) is 0. The van der Waals surface area contributed by atoms with Crippen molar-refractivity contribution in [1.82, 2.24) is 0 Å². The molecule has 0 aliphatic heterocycles. The van der Waals surface area contributed by atoms with E-state index < -0.39 is 5.82 Å². The Morgan fingerprint density at radius 3 is 2.43 bits per heavy atom. The third kappa shape index (κ3) is 3.58. The number of aryl methyl sites for hydroxylation is 1. The molecule has 144 valence electrons. The summed E-state index contributed by atoms with van der Waals surface area (Å²) in [6.07, 6.45) is 6.61. The maximum Gasteiger partial charge on any atom is 0.142 e. The molecule has 0 saturated carbocycles. The van der Waals surface area contributed by atoms with Crippen molar-refractivity contribution in [2.75, 3.05) is 0 Å². The number of hydrogen-bond acceptors (Lipinski definition) is 0. The average molecular weight is 397 g/mol. The summed E-state index contributed by atoms with van der Waals surface area (Å²) in [4.78, 5) is 0. The van der Waals surface area contributed by atoms with Crippen LogP contribution >= 0.6 is 11.6 Å². The molecule has 3 aromatic rings. The molecule has 3 heteroatoms. The highest BCUT2D eigenvalue weighted by Crippen LogP contribution is 2.41. The van der Waals surface area contributed by atoms with Crippen LogP contribution in [0.25, 0.3) is 22.3 Å². The van der Waals surface area contributed by atoms with Crippen molar-refractivity contribution in [2.45, 2.75) is 45.4 Å². The molecule has 0 atom stereocenters. The zero-order valence-electron chi connectivity index (χ0n) is 16.0. The van der Waals surface area contributed by atoms with E-state index >= 15 is 4.39 Å². The SMILES string of the molecule is CCCCCCc1ccc2c(c1)Cc1c-2ccc(-c2ccc(Cl)c(F)c2)c1F. The predicted molar refractivity (Wildman–Crippen MR) is 113 cm³/mol. The number of halogens is 3. The fourth-order valence-electron chi connectivity index (χ4n) is 4.09. The molecule has 4 rings (SSSR count). The molecule has 28 heavy (non-hydrogen) atoms. The lowest BCUT2D eigenvalue weighted by molar-refractivity contribution is 0.617. The van der Waals surface area contributed by atoms with Gasteiger partial charge in [0.15, 0.2) is 0 Å². The summed E-state index contributed by atoms with van der Waals surface area (Å²) in [5, 5.41) is 0.0455. The van der Waals surface area contributed by atoms with Crippen LogP contribution in [0.5, 0.6) is 0 Å². The molecule has 0 heterocycles. The lowest BCUT2D eigenvalue weighted by Crippen LogP contribution is -1.93. The van der Waals surface area contributed by atoms with Crippen LogP contribution < -0.4 is 0 Å². The molecule has 0 nitrogen and oxygen atoms in total. The van der Waals surface area contributed by atoms with Gasteiger partial charge in [0, 0.05) is 17.5 Å². The van der Waals surface area contributed by atoms with Gasteiger partial charge in [-0.1, -0.05) is 74.2 Å². The van der Waals surface area contributed by atoms with E-state index in [0.29, 0.717) is 23.1 Å². The van der Waals surface area contributed by atoms with Gasteiger partial charge in [0.05, 0.1) is 5.02 Å². The van der Waals surface area contributed by atoms with Gasteiger partial charge >= 0.3 is 0 Å². The molecule has 0 aromatic heterocycles. The van der Waals surface area contributed by atoms with E-state index in [-0.39, 0.29) is 10.8 Å². The summed E-state index contributed by atoms with van der Waals surface area (Å²) < 4.78 is 29.1. The Bertz CT molecular complexity index is 1020. The van der Waals surface area contributed by atoms with Crippen LogP contribution in [0.1, 0.15) is 49.3 Å². The van der Waals surface area contributed by atoms with Gasteiger partial charge in [-0.05, 0) is 52.8 Å². The smallest absolute Gasteiger partial charge is 0.142 e. The number of benzene rings is 3. The first-order chi connectivity index (χ1) is 13.6. The van der Waals surface area contributed by atoms with Crippen LogP contribution in [0.2, 0.25) is 5.02 Å². The summed E-state index contributed by atoms with van der Waals surface area (Å²) in [6, 6.07) is 14.6.